The van der Waals surface area contributed by atoms with E-state index >= 15 is 0 Å². The summed E-state index contributed by atoms with van der Waals surface area (Å²) in [6.45, 7) is 6.75. The minimum atomic E-state index is -0.109. The molecule has 1 aliphatic carbocycles. The summed E-state index contributed by atoms with van der Waals surface area (Å²) in [4.78, 5) is 12.8. The second kappa shape index (κ2) is 9.19. The average molecular weight is 367 g/mol. The van der Waals surface area contributed by atoms with E-state index in [1.54, 1.807) is 11.8 Å². The van der Waals surface area contributed by atoms with Crippen molar-refractivity contribution in [2.24, 2.45) is 0 Å². The Labute approximate surface area is 155 Å². The van der Waals surface area contributed by atoms with Crippen molar-refractivity contribution in [1.29, 1.82) is 0 Å². The van der Waals surface area contributed by atoms with Crippen LogP contribution in [0.2, 0.25) is 0 Å². The molecule has 0 unspecified atom stereocenters. The molecule has 1 fully saturated rings. The van der Waals surface area contributed by atoms with Crippen LogP contribution in [-0.4, -0.2) is 29.3 Å². The number of thioether (sulfide) groups is 2. The summed E-state index contributed by atoms with van der Waals surface area (Å²) in [5.41, 5.74) is 1.58. The molecule has 0 saturated heterocycles. The van der Waals surface area contributed by atoms with E-state index in [0.717, 1.165) is 0 Å². The average Bonchev–Trinajstić information content (AvgIpc) is 2.77. The van der Waals surface area contributed by atoms with Crippen LogP contribution in [0, 0.1) is 0 Å². The zero-order chi connectivity index (χ0) is 17.6. The summed E-state index contributed by atoms with van der Waals surface area (Å²) < 4.78 is 4.80. The number of esters is 1. The fraction of sp³-hybridized carbons (Fsp3) is 0.650. The fourth-order valence-electron chi connectivity index (χ4n) is 3.01. The molecule has 24 heavy (non-hydrogen) atoms. The Morgan fingerprint density at radius 3 is 2.29 bits per heavy atom. The molecule has 0 aliphatic heterocycles. The van der Waals surface area contributed by atoms with Gasteiger partial charge in [-0.15, -0.1) is 23.5 Å². The van der Waals surface area contributed by atoms with E-state index in [-0.39, 0.29) is 11.4 Å². The lowest BCUT2D eigenvalue weighted by Crippen LogP contribution is -2.21. The van der Waals surface area contributed by atoms with Gasteiger partial charge < -0.3 is 4.74 Å². The highest BCUT2D eigenvalue weighted by atomic mass is 32.2. The Morgan fingerprint density at radius 2 is 1.71 bits per heavy atom. The Kier molecular flexibility index (Phi) is 7.55. The van der Waals surface area contributed by atoms with E-state index < -0.39 is 0 Å². The SMILES string of the molecule is COC(=O)CS[C@H]1CCCCC[C@@H]1Sc1ccc(C(C)(C)C)cc1. The van der Waals surface area contributed by atoms with Gasteiger partial charge in [-0.25, -0.2) is 0 Å². The van der Waals surface area contributed by atoms with Gasteiger partial charge in [0, 0.05) is 15.4 Å². The summed E-state index contributed by atoms with van der Waals surface area (Å²) >= 11 is 3.77. The Balaban J connectivity index is 2.01. The van der Waals surface area contributed by atoms with Crippen molar-refractivity contribution in [3.05, 3.63) is 29.8 Å². The third kappa shape index (κ3) is 6.03. The first kappa shape index (κ1) is 19.7. The zero-order valence-corrected chi connectivity index (χ0v) is 17.0. The minimum absolute atomic E-state index is 0.109. The largest absolute Gasteiger partial charge is 0.468 e. The van der Waals surface area contributed by atoms with Crippen LogP contribution < -0.4 is 0 Å². The molecule has 1 aromatic carbocycles. The minimum Gasteiger partial charge on any atom is -0.468 e. The van der Waals surface area contributed by atoms with Crippen LogP contribution >= 0.6 is 23.5 Å². The number of rotatable bonds is 5. The molecule has 0 radical (unpaired) electrons. The summed E-state index contributed by atoms with van der Waals surface area (Å²) in [5, 5.41) is 1.13. The van der Waals surface area contributed by atoms with Crippen LogP contribution in [0.1, 0.15) is 58.4 Å². The standard InChI is InChI=1S/C20H30O2S2/c1-20(2,3)15-10-12-16(13-11-15)24-18-9-7-5-6-8-17(18)23-14-19(21)22-4/h10-13,17-18H,5-9,14H2,1-4H3/t17-,18-/m0/s1. The predicted molar refractivity (Wildman–Crippen MR) is 106 cm³/mol. The Hall–Kier alpha value is -0.610. The number of hydrogen-bond acceptors (Lipinski definition) is 4. The van der Waals surface area contributed by atoms with Crippen molar-refractivity contribution in [2.45, 2.75) is 73.7 Å². The number of ether oxygens (including phenoxy) is 1. The molecule has 1 aromatic rings. The highest BCUT2D eigenvalue weighted by Gasteiger charge is 2.26. The van der Waals surface area contributed by atoms with Gasteiger partial charge in [-0.1, -0.05) is 52.2 Å². The first-order chi connectivity index (χ1) is 11.4. The second-order valence-corrected chi connectivity index (χ2v) is 10.0. The van der Waals surface area contributed by atoms with Crippen molar-refractivity contribution in [2.75, 3.05) is 12.9 Å². The summed E-state index contributed by atoms with van der Waals surface area (Å²) in [5.74, 6) is 0.365. The van der Waals surface area contributed by atoms with Gasteiger partial charge in [-0.2, -0.15) is 0 Å². The van der Waals surface area contributed by atoms with Crippen LogP contribution in [0.15, 0.2) is 29.2 Å². The molecule has 0 bridgehead atoms. The van der Waals surface area contributed by atoms with Crippen LogP contribution in [-0.2, 0) is 14.9 Å². The molecule has 0 N–H and O–H groups in total. The van der Waals surface area contributed by atoms with E-state index in [1.165, 1.54) is 49.7 Å². The van der Waals surface area contributed by atoms with Crippen LogP contribution in [0.4, 0.5) is 0 Å². The predicted octanol–water partition coefficient (Wildman–Crippen LogP) is 5.68. The number of methoxy groups -OCH3 is 1. The lowest BCUT2D eigenvalue weighted by atomic mass is 9.87. The van der Waals surface area contributed by atoms with Gasteiger partial charge in [0.25, 0.3) is 0 Å². The normalized spacial score (nSPS) is 22.0. The van der Waals surface area contributed by atoms with E-state index in [1.807, 2.05) is 11.8 Å². The monoisotopic (exact) mass is 366 g/mol. The van der Waals surface area contributed by atoms with Crippen molar-refractivity contribution in [3.63, 3.8) is 0 Å². The third-order valence-electron chi connectivity index (χ3n) is 4.54. The maximum atomic E-state index is 11.5. The molecule has 0 spiro atoms. The molecule has 0 amide bonds. The van der Waals surface area contributed by atoms with Crippen molar-refractivity contribution in [1.82, 2.24) is 0 Å². The van der Waals surface area contributed by atoms with Crippen LogP contribution in [0.3, 0.4) is 0 Å². The first-order valence-corrected chi connectivity index (χ1v) is 10.8. The molecule has 2 rings (SSSR count). The van der Waals surface area contributed by atoms with Gasteiger partial charge in [-0.3, -0.25) is 4.79 Å². The lowest BCUT2D eigenvalue weighted by molar-refractivity contribution is -0.137. The molecule has 0 heterocycles. The molecule has 0 aromatic heterocycles. The number of benzene rings is 1. The van der Waals surface area contributed by atoms with Crippen LogP contribution in [0.25, 0.3) is 0 Å². The van der Waals surface area contributed by atoms with Gasteiger partial charge in [0.05, 0.1) is 12.9 Å². The fourth-order valence-corrected chi connectivity index (χ4v) is 5.78. The third-order valence-corrected chi connectivity index (χ3v) is 7.52. The molecule has 2 nitrogen and oxygen atoms in total. The quantitative estimate of drug-likeness (QED) is 0.494. The van der Waals surface area contributed by atoms with Gasteiger partial charge >= 0.3 is 5.97 Å². The van der Waals surface area contributed by atoms with Gasteiger partial charge in [-0.05, 0) is 36.0 Å². The summed E-state index contributed by atoms with van der Waals surface area (Å²) in [6.07, 6.45) is 6.34. The number of hydrogen-bond donors (Lipinski definition) is 0. The molecule has 1 aliphatic rings. The zero-order valence-electron chi connectivity index (χ0n) is 15.3. The van der Waals surface area contributed by atoms with Crippen molar-refractivity contribution in [3.8, 4) is 0 Å². The smallest absolute Gasteiger partial charge is 0.315 e. The molecule has 134 valence electrons. The van der Waals surface area contributed by atoms with E-state index in [4.69, 9.17) is 4.74 Å². The maximum absolute atomic E-state index is 11.5. The van der Waals surface area contributed by atoms with Crippen molar-refractivity contribution < 1.29 is 9.53 Å². The molecular weight excluding hydrogens is 336 g/mol. The van der Waals surface area contributed by atoms with E-state index in [0.29, 0.717) is 16.3 Å². The second-order valence-electron chi connectivity index (χ2n) is 7.49. The van der Waals surface area contributed by atoms with Crippen molar-refractivity contribution >= 4 is 29.5 Å². The number of carbonyl (C=O) groups is 1. The first-order valence-electron chi connectivity index (χ1n) is 8.86. The molecule has 4 heteroatoms. The van der Waals surface area contributed by atoms with Gasteiger partial charge in [0.15, 0.2) is 0 Å². The topological polar surface area (TPSA) is 26.3 Å². The molecule has 1 saturated carbocycles. The lowest BCUT2D eigenvalue weighted by Gasteiger charge is -2.24. The van der Waals surface area contributed by atoms with E-state index in [9.17, 15) is 4.79 Å². The Morgan fingerprint density at radius 1 is 1.08 bits per heavy atom. The maximum Gasteiger partial charge on any atom is 0.315 e. The summed E-state index contributed by atoms with van der Waals surface area (Å²) in [6, 6.07) is 9.04. The number of carbonyl (C=O) groups excluding carboxylic acids is 1. The molecule has 2 atom stereocenters. The van der Waals surface area contributed by atoms with Gasteiger partial charge in [0.2, 0.25) is 0 Å². The molecular formula is C20H30O2S2. The highest BCUT2D eigenvalue weighted by molar-refractivity contribution is 8.04. The highest BCUT2D eigenvalue weighted by Crippen LogP contribution is 2.39. The summed E-state index contributed by atoms with van der Waals surface area (Å²) in [7, 11) is 1.47. The van der Waals surface area contributed by atoms with Crippen LogP contribution in [0.5, 0.6) is 0 Å². The van der Waals surface area contributed by atoms with Gasteiger partial charge in [0.1, 0.15) is 0 Å². The Bertz CT molecular complexity index is 519. The van der Waals surface area contributed by atoms with E-state index in [2.05, 4.69) is 45.0 Å².